The summed E-state index contributed by atoms with van der Waals surface area (Å²) in [7, 11) is 0. The molecule has 12 heteroatoms. The number of urea groups is 1. The van der Waals surface area contributed by atoms with Crippen molar-refractivity contribution in [2.24, 2.45) is 5.92 Å². The number of Topliss-reactive ketones (excluding diaryl/α,β-unsaturated/α-hetero) is 1. The number of non-ortho nitro benzene ring substituents is 1. The summed E-state index contributed by atoms with van der Waals surface area (Å²) in [6, 6.07) is 10.5. The number of nitrogens with one attached hydrogen (secondary N) is 2. The van der Waals surface area contributed by atoms with Crippen LogP contribution < -0.4 is 10.6 Å². The Labute approximate surface area is 195 Å². The van der Waals surface area contributed by atoms with Gasteiger partial charge < -0.3 is 20.2 Å². The first-order valence-electron chi connectivity index (χ1n) is 10.2. The third-order valence-electron chi connectivity index (χ3n) is 5.70. The molecule has 0 saturated carbocycles. The number of carbonyl (C=O) groups excluding carboxylic acids is 2. The van der Waals surface area contributed by atoms with Crippen LogP contribution in [-0.4, -0.2) is 33.7 Å². The second kappa shape index (κ2) is 8.55. The van der Waals surface area contributed by atoms with E-state index in [0.29, 0.717) is 0 Å². The Hall–Kier alpha value is -4.19. The van der Waals surface area contributed by atoms with Crippen LogP contribution >= 0.6 is 0 Å². The Morgan fingerprint density at radius 1 is 1.14 bits per heavy atom. The van der Waals surface area contributed by atoms with Crippen molar-refractivity contribution in [2.45, 2.75) is 24.9 Å². The third kappa shape index (κ3) is 4.35. The number of rotatable bonds is 5. The number of benzene rings is 2. The molecular weight excluding hydrogens is 471 g/mol. The molecule has 3 aromatic rings. The fourth-order valence-electron chi connectivity index (χ4n) is 3.92. The first-order chi connectivity index (χ1) is 16.4. The monoisotopic (exact) mass is 489 g/mol. The van der Waals surface area contributed by atoms with E-state index in [0.717, 1.165) is 5.56 Å². The van der Waals surface area contributed by atoms with Crippen LogP contribution in [0, 0.1) is 23.0 Å². The van der Waals surface area contributed by atoms with Gasteiger partial charge in [0.15, 0.2) is 5.78 Å². The second-order valence-corrected chi connectivity index (χ2v) is 8.06. The lowest BCUT2D eigenvalue weighted by atomic mass is 9.79. The Kier molecular flexibility index (Phi) is 5.85. The van der Waals surface area contributed by atoms with Crippen LogP contribution in [0.2, 0.25) is 0 Å². The average molecular weight is 489 g/mol. The van der Waals surface area contributed by atoms with Crippen LogP contribution in [0.3, 0.4) is 0 Å². The maximum atomic E-state index is 14.0. The number of carbonyl (C=O) groups is 2. The summed E-state index contributed by atoms with van der Waals surface area (Å²) in [5, 5.41) is 25.4. The Balaban J connectivity index is 1.80. The van der Waals surface area contributed by atoms with Gasteiger partial charge in [0.25, 0.3) is 5.69 Å². The van der Waals surface area contributed by atoms with Gasteiger partial charge in [0.05, 0.1) is 4.92 Å². The summed E-state index contributed by atoms with van der Waals surface area (Å²) in [6.07, 6.45) is -5.41. The smallest absolute Gasteiger partial charge is 0.437 e. The molecule has 2 heterocycles. The van der Waals surface area contributed by atoms with E-state index >= 15 is 0 Å². The van der Waals surface area contributed by atoms with Crippen molar-refractivity contribution in [3.63, 3.8) is 0 Å². The Morgan fingerprint density at radius 3 is 2.46 bits per heavy atom. The number of nitrogens with zero attached hydrogens (tertiary/aromatic N) is 1. The standard InChI is InChI=1S/C23H18F3N3O6/c1-12-5-7-13(8-6-12)20(30)18-19(27-21(31)28-22(18,32)23(24,25)26)17-10-9-16(35-17)14-3-2-4-15(11-14)29(33)34/h2-11,18-19,32H,1H3,(H2,27,28,31)/t18-,19+,22+/m0/s1. The van der Waals surface area contributed by atoms with E-state index in [4.69, 9.17) is 4.42 Å². The van der Waals surface area contributed by atoms with E-state index in [-0.39, 0.29) is 28.3 Å². The van der Waals surface area contributed by atoms with Crippen LogP contribution in [0.1, 0.15) is 27.7 Å². The summed E-state index contributed by atoms with van der Waals surface area (Å²) in [5.41, 5.74) is -3.25. The minimum Gasteiger partial charge on any atom is -0.459 e. The predicted octanol–water partition coefficient (Wildman–Crippen LogP) is 4.27. The lowest BCUT2D eigenvalue weighted by molar-refractivity contribution is -0.384. The molecule has 1 saturated heterocycles. The summed E-state index contributed by atoms with van der Waals surface area (Å²) >= 11 is 0. The van der Waals surface area contributed by atoms with Crippen molar-refractivity contribution in [1.29, 1.82) is 0 Å². The van der Waals surface area contributed by atoms with Gasteiger partial charge in [-0.05, 0) is 19.1 Å². The number of hydrogen-bond donors (Lipinski definition) is 3. The van der Waals surface area contributed by atoms with Gasteiger partial charge in [0.1, 0.15) is 23.5 Å². The fraction of sp³-hybridized carbons (Fsp3) is 0.217. The number of ketones is 1. The molecule has 3 atom stereocenters. The molecule has 0 bridgehead atoms. The summed E-state index contributed by atoms with van der Waals surface area (Å²) in [4.78, 5) is 35.9. The molecular formula is C23H18F3N3O6. The summed E-state index contributed by atoms with van der Waals surface area (Å²) < 4.78 is 47.7. The first-order valence-corrected chi connectivity index (χ1v) is 10.2. The van der Waals surface area contributed by atoms with Crippen molar-refractivity contribution >= 4 is 17.5 Å². The largest absolute Gasteiger partial charge is 0.459 e. The number of alkyl halides is 3. The Bertz CT molecular complexity index is 1300. The van der Waals surface area contributed by atoms with Gasteiger partial charge in [-0.2, -0.15) is 13.2 Å². The molecule has 2 aromatic carbocycles. The zero-order chi connectivity index (χ0) is 25.5. The van der Waals surface area contributed by atoms with Crippen molar-refractivity contribution in [3.05, 3.63) is 87.7 Å². The SMILES string of the molecule is Cc1ccc(C(=O)[C@@H]2[C@@H](c3ccc(-c4cccc([N+](=O)[O-])c4)o3)NC(=O)N[C@]2(O)C(F)(F)F)cc1. The van der Waals surface area contributed by atoms with Crippen LogP contribution in [-0.2, 0) is 0 Å². The molecule has 1 fully saturated rings. The van der Waals surface area contributed by atoms with Crippen LogP contribution in [0.5, 0.6) is 0 Å². The molecule has 0 radical (unpaired) electrons. The van der Waals surface area contributed by atoms with Crippen LogP contribution in [0.15, 0.2) is 65.1 Å². The second-order valence-electron chi connectivity index (χ2n) is 8.06. The van der Waals surface area contributed by atoms with Crippen LogP contribution in [0.4, 0.5) is 23.7 Å². The molecule has 1 aliphatic rings. The molecule has 9 nitrogen and oxygen atoms in total. The third-order valence-corrected chi connectivity index (χ3v) is 5.70. The molecule has 0 aliphatic carbocycles. The van der Waals surface area contributed by atoms with Crippen molar-refractivity contribution < 1.29 is 37.2 Å². The number of aryl methyl sites for hydroxylation is 1. The lowest BCUT2D eigenvalue weighted by Crippen LogP contribution is -2.72. The molecule has 3 N–H and O–H groups in total. The molecule has 2 amide bonds. The average Bonchev–Trinajstić information content (AvgIpc) is 3.28. The van der Waals surface area contributed by atoms with Gasteiger partial charge in [-0.15, -0.1) is 0 Å². The fourth-order valence-corrected chi connectivity index (χ4v) is 3.92. The minimum absolute atomic E-state index is 0.0496. The first kappa shape index (κ1) is 24.0. The van der Waals surface area contributed by atoms with Gasteiger partial charge in [0.2, 0.25) is 5.72 Å². The maximum Gasteiger partial charge on any atom is 0.437 e. The van der Waals surface area contributed by atoms with Gasteiger partial charge in [-0.25, -0.2) is 4.79 Å². The van der Waals surface area contributed by atoms with Crippen molar-refractivity contribution in [3.8, 4) is 11.3 Å². The number of nitro benzene ring substituents is 1. The van der Waals surface area contributed by atoms with E-state index in [1.54, 1.807) is 6.92 Å². The van der Waals surface area contributed by atoms with Gasteiger partial charge in [-0.3, -0.25) is 14.9 Å². The summed E-state index contributed by atoms with van der Waals surface area (Å²) in [6.45, 7) is 1.73. The van der Waals surface area contributed by atoms with Crippen LogP contribution in [0.25, 0.3) is 11.3 Å². The van der Waals surface area contributed by atoms with E-state index in [2.05, 4.69) is 5.32 Å². The van der Waals surface area contributed by atoms with Crippen molar-refractivity contribution in [1.82, 2.24) is 10.6 Å². The van der Waals surface area contributed by atoms with Gasteiger partial charge in [0, 0.05) is 23.3 Å². The predicted molar refractivity (Wildman–Crippen MR) is 115 cm³/mol. The van der Waals surface area contributed by atoms with Crippen molar-refractivity contribution in [2.75, 3.05) is 0 Å². The van der Waals surface area contributed by atoms with E-state index in [1.165, 1.54) is 66.0 Å². The van der Waals surface area contributed by atoms with E-state index in [1.807, 2.05) is 0 Å². The summed E-state index contributed by atoms with van der Waals surface area (Å²) in [5.74, 6) is -3.55. The van der Waals surface area contributed by atoms with E-state index < -0.39 is 40.6 Å². The number of hydrogen-bond acceptors (Lipinski definition) is 6. The topological polar surface area (TPSA) is 135 Å². The molecule has 0 unspecified atom stereocenters. The number of amides is 2. The number of halogens is 3. The quantitative estimate of drug-likeness (QED) is 0.278. The maximum absolute atomic E-state index is 14.0. The zero-order valence-electron chi connectivity index (χ0n) is 18.0. The molecule has 0 spiro atoms. The number of furan rings is 1. The molecule has 1 aliphatic heterocycles. The highest BCUT2D eigenvalue weighted by atomic mass is 19.4. The Morgan fingerprint density at radius 2 is 1.83 bits per heavy atom. The number of nitro groups is 1. The van der Waals surface area contributed by atoms with E-state index in [9.17, 15) is 38.0 Å². The molecule has 35 heavy (non-hydrogen) atoms. The highest BCUT2D eigenvalue weighted by molar-refractivity contribution is 6.00. The van der Waals surface area contributed by atoms with Gasteiger partial charge in [-0.1, -0.05) is 42.0 Å². The normalized spacial score (nSPS) is 22.3. The lowest BCUT2D eigenvalue weighted by Gasteiger charge is -2.44. The molecule has 182 valence electrons. The molecule has 1 aromatic heterocycles. The highest BCUT2D eigenvalue weighted by Crippen LogP contribution is 2.44. The van der Waals surface area contributed by atoms with Gasteiger partial charge >= 0.3 is 12.2 Å². The zero-order valence-corrected chi connectivity index (χ0v) is 18.0. The minimum atomic E-state index is -5.41. The molecule has 4 rings (SSSR count). The number of aliphatic hydroxyl groups is 1. The highest BCUT2D eigenvalue weighted by Gasteiger charge is 2.66.